The molecule has 9 heteroatoms. The Kier molecular flexibility index (Phi) is 8.30. The van der Waals surface area contributed by atoms with Crippen molar-refractivity contribution in [2.75, 3.05) is 36.4 Å². The summed E-state index contributed by atoms with van der Waals surface area (Å²) in [5, 5.41) is 12.8. The molecule has 0 aliphatic carbocycles. The maximum absolute atomic E-state index is 13.2. The Morgan fingerprint density at radius 1 is 1.03 bits per heavy atom. The van der Waals surface area contributed by atoms with Gasteiger partial charge in [-0.1, -0.05) is 11.6 Å². The largest absolute Gasteiger partial charge is 0.417 e. The number of hydrogen-bond acceptors (Lipinski definition) is 4. The second-order valence-electron chi connectivity index (χ2n) is 9.61. The van der Waals surface area contributed by atoms with E-state index in [1.807, 2.05) is 29.2 Å². The summed E-state index contributed by atoms with van der Waals surface area (Å²) in [6.07, 6.45) is 0.314. The molecule has 2 saturated heterocycles. The highest BCUT2D eigenvalue weighted by atomic mass is 35.5. The molecular formula is C27H30ClF3N4O. The van der Waals surface area contributed by atoms with Crippen LogP contribution < -0.4 is 10.2 Å². The average molecular weight is 519 g/mol. The smallest absolute Gasteiger partial charge is 0.382 e. The summed E-state index contributed by atoms with van der Waals surface area (Å²) in [4.78, 5) is 17.0. The molecule has 0 atom stereocenters. The third-order valence-corrected chi connectivity index (χ3v) is 7.49. The van der Waals surface area contributed by atoms with E-state index in [4.69, 9.17) is 16.9 Å². The highest BCUT2D eigenvalue weighted by Gasteiger charge is 2.34. The Morgan fingerprint density at radius 2 is 1.69 bits per heavy atom. The summed E-state index contributed by atoms with van der Waals surface area (Å²) < 4.78 is 39.7. The van der Waals surface area contributed by atoms with E-state index in [0.29, 0.717) is 44.0 Å². The second kappa shape index (κ2) is 11.4. The molecule has 2 fully saturated rings. The molecule has 2 aromatic carbocycles. The quantitative estimate of drug-likeness (QED) is 0.485. The molecule has 0 unspecified atom stereocenters. The van der Waals surface area contributed by atoms with E-state index in [1.165, 1.54) is 17.8 Å². The number of alkyl halides is 3. The van der Waals surface area contributed by atoms with Gasteiger partial charge in [0.25, 0.3) is 0 Å². The minimum atomic E-state index is -4.58. The van der Waals surface area contributed by atoms with Crippen LogP contribution in [0.1, 0.15) is 49.7 Å². The average Bonchev–Trinajstić information content (AvgIpc) is 2.88. The molecule has 0 bridgehead atoms. The molecule has 5 nitrogen and oxygen atoms in total. The van der Waals surface area contributed by atoms with Gasteiger partial charge in [-0.3, -0.25) is 4.79 Å². The Morgan fingerprint density at radius 3 is 2.31 bits per heavy atom. The Labute approximate surface area is 214 Å². The molecule has 36 heavy (non-hydrogen) atoms. The fraction of sp³-hybridized carbons (Fsp3) is 0.481. The predicted octanol–water partition coefficient (Wildman–Crippen LogP) is 6.33. The number of rotatable bonds is 6. The summed E-state index contributed by atoms with van der Waals surface area (Å²) in [6.45, 7) is 3.13. The third kappa shape index (κ3) is 6.64. The zero-order valence-electron chi connectivity index (χ0n) is 20.0. The third-order valence-electron chi connectivity index (χ3n) is 7.24. The van der Waals surface area contributed by atoms with Gasteiger partial charge in [-0.15, -0.1) is 0 Å². The lowest BCUT2D eigenvalue weighted by Crippen LogP contribution is -2.42. The SMILES string of the molecule is N#Cc1ccc(NC2CCN(C(=O)CCC3CCN(c4ccc(Cl)cc4)CC3)CC2)cc1C(F)(F)F. The van der Waals surface area contributed by atoms with E-state index in [2.05, 4.69) is 10.2 Å². The van der Waals surface area contributed by atoms with Crippen LogP contribution in [-0.4, -0.2) is 43.0 Å². The van der Waals surface area contributed by atoms with E-state index >= 15 is 0 Å². The number of amides is 1. The van der Waals surface area contributed by atoms with Crippen LogP contribution in [0.3, 0.4) is 0 Å². The first kappa shape index (κ1) is 26.2. The number of halogens is 4. The number of nitrogens with one attached hydrogen (secondary N) is 1. The van der Waals surface area contributed by atoms with Crippen molar-refractivity contribution in [3.8, 4) is 6.07 Å². The number of anilines is 2. The summed E-state index contributed by atoms with van der Waals surface area (Å²) in [6, 6.07) is 13.2. The first-order valence-corrected chi connectivity index (χ1v) is 12.8. The molecule has 2 aliphatic rings. The van der Waals surface area contributed by atoms with Crippen LogP contribution in [0.4, 0.5) is 24.5 Å². The number of nitriles is 1. The van der Waals surface area contributed by atoms with Gasteiger partial charge in [0.05, 0.1) is 17.2 Å². The van der Waals surface area contributed by atoms with E-state index in [-0.39, 0.29) is 17.5 Å². The van der Waals surface area contributed by atoms with Gasteiger partial charge >= 0.3 is 6.18 Å². The maximum atomic E-state index is 13.2. The fourth-order valence-electron chi connectivity index (χ4n) is 5.09. The van der Waals surface area contributed by atoms with Crippen LogP contribution in [0, 0.1) is 17.2 Å². The normalized spacial score (nSPS) is 17.6. The Bertz CT molecular complexity index is 1080. The predicted molar refractivity (Wildman–Crippen MR) is 135 cm³/mol. The summed E-state index contributed by atoms with van der Waals surface area (Å²) in [5.41, 5.74) is 0.211. The van der Waals surface area contributed by atoms with Crippen molar-refractivity contribution in [2.45, 2.75) is 50.7 Å². The molecule has 1 amide bonds. The van der Waals surface area contributed by atoms with Gasteiger partial charge in [-0.25, -0.2) is 0 Å². The minimum absolute atomic E-state index is 0.0136. The van der Waals surface area contributed by atoms with Crippen molar-refractivity contribution < 1.29 is 18.0 Å². The molecule has 2 aromatic rings. The van der Waals surface area contributed by atoms with Crippen molar-refractivity contribution in [3.05, 3.63) is 58.6 Å². The van der Waals surface area contributed by atoms with E-state index in [0.717, 1.165) is 43.4 Å². The number of nitrogens with zero attached hydrogens (tertiary/aromatic N) is 3. The zero-order valence-corrected chi connectivity index (χ0v) is 20.8. The van der Waals surface area contributed by atoms with Crippen LogP contribution in [0.25, 0.3) is 0 Å². The van der Waals surface area contributed by atoms with Crippen LogP contribution in [0.2, 0.25) is 5.02 Å². The van der Waals surface area contributed by atoms with Crippen molar-refractivity contribution in [3.63, 3.8) is 0 Å². The molecule has 0 saturated carbocycles. The maximum Gasteiger partial charge on any atom is 0.417 e. The highest BCUT2D eigenvalue weighted by molar-refractivity contribution is 6.30. The van der Waals surface area contributed by atoms with Crippen LogP contribution in [0.5, 0.6) is 0 Å². The van der Waals surface area contributed by atoms with Gasteiger partial charge in [-0.2, -0.15) is 18.4 Å². The molecule has 0 aromatic heterocycles. The van der Waals surface area contributed by atoms with Gasteiger partial charge in [0, 0.05) is 55.0 Å². The standard InChI is InChI=1S/C27H30ClF3N4O/c28-21-3-6-24(7-4-21)34-13-9-19(10-14-34)1-8-26(36)35-15-11-22(12-16-35)33-23-5-2-20(18-32)25(17-23)27(29,30)31/h2-7,17,19,22,33H,1,8-16H2. The van der Waals surface area contributed by atoms with E-state index in [9.17, 15) is 18.0 Å². The molecule has 0 radical (unpaired) electrons. The van der Waals surface area contributed by atoms with Crippen LogP contribution in [-0.2, 0) is 11.0 Å². The number of carbonyl (C=O) groups excluding carboxylic acids is 1. The Hall–Kier alpha value is -2.92. The molecule has 0 spiro atoms. The number of likely N-dealkylation sites (tertiary alicyclic amines) is 1. The van der Waals surface area contributed by atoms with E-state index < -0.39 is 11.7 Å². The second-order valence-corrected chi connectivity index (χ2v) is 10.1. The first-order chi connectivity index (χ1) is 17.2. The molecule has 4 rings (SSSR count). The van der Waals surface area contributed by atoms with Gasteiger partial charge in [0.15, 0.2) is 0 Å². The van der Waals surface area contributed by atoms with Crippen molar-refractivity contribution >= 4 is 28.9 Å². The number of carbonyl (C=O) groups is 1. The molecule has 192 valence electrons. The highest BCUT2D eigenvalue weighted by Crippen LogP contribution is 2.34. The van der Waals surface area contributed by atoms with Gasteiger partial charge in [-0.05, 0) is 80.5 Å². The Balaban J connectivity index is 1.19. The van der Waals surface area contributed by atoms with Gasteiger partial charge in [0.2, 0.25) is 5.91 Å². The van der Waals surface area contributed by atoms with Crippen LogP contribution in [0.15, 0.2) is 42.5 Å². The van der Waals surface area contributed by atoms with Crippen LogP contribution >= 0.6 is 11.6 Å². The summed E-state index contributed by atoms with van der Waals surface area (Å²) >= 11 is 5.98. The van der Waals surface area contributed by atoms with Crippen molar-refractivity contribution in [1.82, 2.24) is 4.90 Å². The zero-order chi connectivity index (χ0) is 25.7. The molecule has 2 heterocycles. The van der Waals surface area contributed by atoms with Gasteiger partial charge in [0.1, 0.15) is 0 Å². The first-order valence-electron chi connectivity index (χ1n) is 12.4. The molecular weight excluding hydrogens is 489 g/mol. The number of piperidine rings is 2. The topological polar surface area (TPSA) is 59.4 Å². The number of hydrogen-bond donors (Lipinski definition) is 1. The van der Waals surface area contributed by atoms with Gasteiger partial charge < -0.3 is 15.1 Å². The number of benzene rings is 2. The summed E-state index contributed by atoms with van der Waals surface area (Å²) in [7, 11) is 0. The fourth-order valence-corrected chi connectivity index (χ4v) is 5.22. The minimum Gasteiger partial charge on any atom is -0.382 e. The van der Waals surface area contributed by atoms with Crippen molar-refractivity contribution in [2.24, 2.45) is 5.92 Å². The lowest BCUT2D eigenvalue weighted by molar-refractivity contribution is -0.137. The monoisotopic (exact) mass is 518 g/mol. The van der Waals surface area contributed by atoms with E-state index in [1.54, 1.807) is 6.07 Å². The molecule has 2 aliphatic heterocycles. The van der Waals surface area contributed by atoms with Crippen molar-refractivity contribution in [1.29, 1.82) is 5.26 Å². The lowest BCUT2D eigenvalue weighted by Gasteiger charge is -2.35. The molecule has 1 N–H and O–H groups in total. The lowest BCUT2D eigenvalue weighted by atomic mass is 9.91. The summed E-state index contributed by atoms with van der Waals surface area (Å²) in [5.74, 6) is 0.697.